The van der Waals surface area contributed by atoms with Gasteiger partial charge in [0.25, 0.3) is 5.56 Å². The second-order valence-electron chi connectivity index (χ2n) is 7.12. The molecule has 3 aromatic rings. The standard InChI is InChI=1S/C21H22N4O2/c1-13-6-14(2)8-15(7-13)20-10-17(27-24-20)11-22-16-4-5-19-18(9-16)21(26)25(3)12-23-19/h4-9,12,17,22H,10-11H2,1-3H3. The number of aryl methyl sites for hydroxylation is 3. The van der Waals surface area contributed by atoms with Gasteiger partial charge in [-0.1, -0.05) is 34.5 Å². The van der Waals surface area contributed by atoms with Gasteiger partial charge in [-0.3, -0.25) is 4.79 Å². The Labute approximate surface area is 157 Å². The molecular formula is C21H22N4O2. The Morgan fingerprint density at radius 2 is 1.96 bits per heavy atom. The van der Waals surface area contributed by atoms with E-state index in [1.807, 2.05) is 18.2 Å². The number of nitrogens with one attached hydrogen (secondary N) is 1. The number of aromatic nitrogens is 2. The van der Waals surface area contributed by atoms with Crippen LogP contribution in [0.1, 0.15) is 23.1 Å². The summed E-state index contributed by atoms with van der Waals surface area (Å²) in [6.45, 7) is 4.79. The third-order valence-electron chi connectivity index (χ3n) is 4.74. The second-order valence-corrected chi connectivity index (χ2v) is 7.12. The van der Waals surface area contributed by atoms with Gasteiger partial charge in [0.1, 0.15) is 6.10 Å². The van der Waals surface area contributed by atoms with Crippen molar-refractivity contribution < 1.29 is 4.84 Å². The second kappa shape index (κ2) is 6.87. The number of rotatable bonds is 4. The molecule has 0 amide bonds. The van der Waals surface area contributed by atoms with Gasteiger partial charge in [-0.15, -0.1) is 0 Å². The highest BCUT2D eigenvalue weighted by molar-refractivity contribution is 6.01. The first-order chi connectivity index (χ1) is 13.0. The molecule has 1 aliphatic rings. The van der Waals surface area contributed by atoms with Gasteiger partial charge >= 0.3 is 0 Å². The molecule has 27 heavy (non-hydrogen) atoms. The van der Waals surface area contributed by atoms with Crippen LogP contribution in [0.2, 0.25) is 0 Å². The lowest BCUT2D eigenvalue weighted by Gasteiger charge is -2.11. The minimum atomic E-state index is -0.0544. The molecule has 0 fully saturated rings. The molecule has 0 aliphatic carbocycles. The lowest BCUT2D eigenvalue weighted by molar-refractivity contribution is 0.0949. The molecule has 6 heteroatoms. The Balaban J connectivity index is 1.44. The van der Waals surface area contributed by atoms with Crippen molar-refractivity contribution in [3.05, 3.63) is 69.8 Å². The number of hydrogen-bond acceptors (Lipinski definition) is 5. The average molecular weight is 362 g/mol. The van der Waals surface area contributed by atoms with Crippen molar-refractivity contribution in [3.63, 3.8) is 0 Å². The Bertz CT molecular complexity index is 1080. The van der Waals surface area contributed by atoms with Crippen molar-refractivity contribution in [2.75, 3.05) is 11.9 Å². The quantitative estimate of drug-likeness (QED) is 0.774. The molecule has 1 atom stereocenters. The molecule has 6 nitrogen and oxygen atoms in total. The molecule has 2 aromatic carbocycles. The highest BCUT2D eigenvalue weighted by atomic mass is 16.6. The molecule has 1 N–H and O–H groups in total. The first kappa shape index (κ1) is 17.3. The Kier molecular flexibility index (Phi) is 4.39. The van der Waals surface area contributed by atoms with E-state index in [-0.39, 0.29) is 11.7 Å². The summed E-state index contributed by atoms with van der Waals surface area (Å²) in [5, 5.41) is 8.22. The summed E-state index contributed by atoms with van der Waals surface area (Å²) < 4.78 is 1.48. The summed E-state index contributed by atoms with van der Waals surface area (Å²) in [6.07, 6.45) is 2.26. The van der Waals surface area contributed by atoms with Gasteiger partial charge in [0.2, 0.25) is 0 Å². The molecule has 0 saturated heterocycles. The third kappa shape index (κ3) is 3.56. The van der Waals surface area contributed by atoms with E-state index in [0.717, 1.165) is 23.4 Å². The summed E-state index contributed by atoms with van der Waals surface area (Å²) in [5.74, 6) is 0. The van der Waals surface area contributed by atoms with Crippen molar-refractivity contribution in [1.82, 2.24) is 9.55 Å². The summed E-state index contributed by atoms with van der Waals surface area (Å²) >= 11 is 0. The maximum Gasteiger partial charge on any atom is 0.260 e. The van der Waals surface area contributed by atoms with E-state index < -0.39 is 0 Å². The number of nitrogens with zero attached hydrogens (tertiary/aromatic N) is 3. The zero-order chi connectivity index (χ0) is 19.0. The van der Waals surface area contributed by atoms with Gasteiger partial charge in [-0.05, 0) is 37.6 Å². The number of anilines is 1. The smallest absolute Gasteiger partial charge is 0.260 e. The van der Waals surface area contributed by atoms with Crippen molar-refractivity contribution >= 4 is 22.3 Å². The molecule has 4 rings (SSSR count). The molecule has 138 valence electrons. The van der Waals surface area contributed by atoms with E-state index in [1.165, 1.54) is 22.0 Å². The average Bonchev–Trinajstić information content (AvgIpc) is 3.12. The van der Waals surface area contributed by atoms with Crippen LogP contribution in [0.4, 0.5) is 5.69 Å². The molecule has 0 saturated carbocycles. The zero-order valence-corrected chi connectivity index (χ0v) is 15.7. The van der Waals surface area contributed by atoms with Crippen LogP contribution in [0.5, 0.6) is 0 Å². The monoisotopic (exact) mass is 362 g/mol. The third-order valence-corrected chi connectivity index (χ3v) is 4.74. The van der Waals surface area contributed by atoms with Crippen molar-refractivity contribution in [1.29, 1.82) is 0 Å². The topological polar surface area (TPSA) is 68.5 Å². The minimum Gasteiger partial charge on any atom is -0.390 e. The maximum absolute atomic E-state index is 12.2. The van der Waals surface area contributed by atoms with Gasteiger partial charge in [-0.25, -0.2) is 4.98 Å². The van der Waals surface area contributed by atoms with E-state index in [0.29, 0.717) is 17.4 Å². The van der Waals surface area contributed by atoms with Gasteiger partial charge in [0, 0.05) is 19.2 Å². The normalized spacial score (nSPS) is 16.3. The van der Waals surface area contributed by atoms with Crippen LogP contribution in [0.25, 0.3) is 10.9 Å². The predicted octanol–water partition coefficient (Wildman–Crippen LogP) is 3.16. The molecule has 1 aliphatic heterocycles. The van der Waals surface area contributed by atoms with Crippen molar-refractivity contribution in [3.8, 4) is 0 Å². The van der Waals surface area contributed by atoms with Crippen LogP contribution < -0.4 is 10.9 Å². The fourth-order valence-corrected chi connectivity index (χ4v) is 3.40. The first-order valence-corrected chi connectivity index (χ1v) is 9.00. The minimum absolute atomic E-state index is 0.0340. The molecule has 0 spiro atoms. The summed E-state index contributed by atoms with van der Waals surface area (Å²) in [6, 6.07) is 12.0. The largest absolute Gasteiger partial charge is 0.390 e. The van der Waals surface area contributed by atoms with Crippen LogP contribution in [0.3, 0.4) is 0 Å². The van der Waals surface area contributed by atoms with Gasteiger partial charge < -0.3 is 14.7 Å². The summed E-state index contributed by atoms with van der Waals surface area (Å²) in [7, 11) is 1.70. The summed E-state index contributed by atoms with van der Waals surface area (Å²) in [5.41, 5.74) is 6.06. The van der Waals surface area contributed by atoms with E-state index >= 15 is 0 Å². The lowest BCUT2D eigenvalue weighted by Crippen LogP contribution is -2.21. The number of hydrogen-bond donors (Lipinski definition) is 1. The van der Waals surface area contributed by atoms with Gasteiger partial charge in [0.15, 0.2) is 0 Å². The molecule has 0 radical (unpaired) electrons. The van der Waals surface area contributed by atoms with Gasteiger partial charge in [-0.2, -0.15) is 0 Å². The van der Waals surface area contributed by atoms with E-state index in [1.54, 1.807) is 7.05 Å². The number of fused-ring (bicyclic) bond motifs is 1. The fourth-order valence-electron chi connectivity index (χ4n) is 3.40. The Morgan fingerprint density at radius 3 is 2.74 bits per heavy atom. The van der Waals surface area contributed by atoms with E-state index in [9.17, 15) is 4.79 Å². The van der Waals surface area contributed by atoms with E-state index in [2.05, 4.69) is 47.5 Å². The van der Waals surface area contributed by atoms with Crippen LogP contribution in [-0.4, -0.2) is 27.9 Å². The van der Waals surface area contributed by atoms with Crippen LogP contribution in [0.15, 0.2) is 52.7 Å². The van der Waals surface area contributed by atoms with Crippen LogP contribution >= 0.6 is 0 Å². The lowest BCUT2D eigenvalue weighted by atomic mass is 10.0. The maximum atomic E-state index is 12.2. The Hall–Kier alpha value is -3.15. The summed E-state index contributed by atoms with van der Waals surface area (Å²) in [4.78, 5) is 22.1. The van der Waals surface area contributed by atoms with E-state index in [4.69, 9.17) is 4.84 Å². The fraction of sp³-hybridized carbons (Fsp3) is 0.286. The van der Waals surface area contributed by atoms with Crippen LogP contribution in [-0.2, 0) is 11.9 Å². The molecule has 2 heterocycles. The molecule has 1 unspecified atom stereocenters. The SMILES string of the molecule is Cc1cc(C)cc(C2=NOC(CNc3ccc4ncn(C)c(=O)c4c3)C2)c1. The van der Waals surface area contributed by atoms with Crippen molar-refractivity contribution in [2.45, 2.75) is 26.4 Å². The first-order valence-electron chi connectivity index (χ1n) is 9.00. The molecule has 1 aromatic heterocycles. The molecular weight excluding hydrogens is 340 g/mol. The highest BCUT2D eigenvalue weighted by Gasteiger charge is 2.22. The number of oxime groups is 1. The van der Waals surface area contributed by atoms with Gasteiger partial charge in [0.05, 0.1) is 29.5 Å². The Morgan fingerprint density at radius 1 is 1.19 bits per heavy atom. The molecule has 0 bridgehead atoms. The predicted molar refractivity (Wildman–Crippen MR) is 107 cm³/mol. The number of benzene rings is 2. The van der Waals surface area contributed by atoms with Crippen LogP contribution in [0, 0.1) is 13.8 Å². The highest BCUT2D eigenvalue weighted by Crippen LogP contribution is 2.20. The zero-order valence-electron chi connectivity index (χ0n) is 15.7. The van der Waals surface area contributed by atoms with Crippen molar-refractivity contribution in [2.24, 2.45) is 12.2 Å².